The van der Waals surface area contributed by atoms with E-state index in [0.29, 0.717) is 42.7 Å². The average molecular weight is 409 g/mol. The minimum atomic E-state index is -3.27. The van der Waals surface area contributed by atoms with Gasteiger partial charge in [0, 0.05) is 50.9 Å². The van der Waals surface area contributed by atoms with E-state index in [1.807, 2.05) is 6.07 Å². The Morgan fingerprint density at radius 1 is 1.14 bits per heavy atom. The largest absolute Gasteiger partial charge is 0.350 e. The predicted octanol–water partition coefficient (Wildman–Crippen LogP) is 1.01. The Hall–Kier alpha value is -1.64. The number of nitrogens with zero attached hydrogens (tertiary/aromatic N) is 3. The predicted molar refractivity (Wildman–Crippen MR) is 112 cm³/mol. The highest BCUT2D eigenvalue weighted by molar-refractivity contribution is 7.92. The molecule has 8 heteroatoms. The maximum absolute atomic E-state index is 12.7. The molecule has 28 heavy (non-hydrogen) atoms. The minimum absolute atomic E-state index is 0.0969. The number of fused-ring (bicyclic) bond motifs is 1. The summed E-state index contributed by atoms with van der Waals surface area (Å²) in [6.45, 7) is 9.61. The highest BCUT2D eigenvalue weighted by Gasteiger charge is 2.28. The Labute approximate surface area is 168 Å². The van der Waals surface area contributed by atoms with Crippen LogP contribution in [0.4, 0.5) is 5.69 Å². The quantitative estimate of drug-likeness (QED) is 0.761. The topological polar surface area (TPSA) is 73.0 Å². The van der Waals surface area contributed by atoms with E-state index in [9.17, 15) is 13.2 Å². The van der Waals surface area contributed by atoms with Crippen LogP contribution in [-0.4, -0.2) is 82.7 Å². The van der Waals surface area contributed by atoms with Crippen LogP contribution < -0.4 is 9.62 Å². The van der Waals surface area contributed by atoms with Gasteiger partial charge in [0.2, 0.25) is 10.0 Å². The fourth-order valence-electron chi connectivity index (χ4n) is 4.10. The summed E-state index contributed by atoms with van der Waals surface area (Å²) in [7, 11) is -1.13. The molecule has 2 aliphatic rings. The molecule has 1 unspecified atom stereocenters. The van der Waals surface area contributed by atoms with Gasteiger partial charge in [-0.2, -0.15) is 0 Å². The molecule has 1 fully saturated rings. The Morgan fingerprint density at radius 3 is 2.43 bits per heavy atom. The molecule has 0 aliphatic carbocycles. The van der Waals surface area contributed by atoms with Crippen molar-refractivity contribution in [1.29, 1.82) is 0 Å². The normalized spacial score (nSPS) is 19.7. The Balaban J connectivity index is 1.64. The molecule has 1 atom stereocenters. The van der Waals surface area contributed by atoms with Crippen molar-refractivity contribution in [3.8, 4) is 0 Å². The van der Waals surface area contributed by atoms with Gasteiger partial charge in [0.25, 0.3) is 5.91 Å². The molecule has 2 heterocycles. The number of amides is 1. The van der Waals surface area contributed by atoms with E-state index >= 15 is 0 Å². The van der Waals surface area contributed by atoms with Gasteiger partial charge < -0.3 is 10.2 Å². The first-order chi connectivity index (χ1) is 13.2. The van der Waals surface area contributed by atoms with Crippen molar-refractivity contribution < 1.29 is 13.2 Å². The van der Waals surface area contributed by atoms with Gasteiger partial charge in [-0.1, -0.05) is 13.8 Å². The highest BCUT2D eigenvalue weighted by atomic mass is 32.2. The number of carbonyl (C=O) groups is 1. The number of likely N-dealkylation sites (N-methyl/N-ethyl adjacent to an activating group) is 1. The Bertz CT molecular complexity index is 817. The van der Waals surface area contributed by atoms with E-state index in [0.717, 1.165) is 31.7 Å². The van der Waals surface area contributed by atoms with Crippen molar-refractivity contribution in [1.82, 2.24) is 15.1 Å². The molecule has 1 saturated heterocycles. The monoisotopic (exact) mass is 408 g/mol. The van der Waals surface area contributed by atoms with Gasteiger partial charge in [-0.3, -0.25) is 14.0 Å². The first-order valence-electron chi connectivity index (χ1n) is 9.98. The molecule has 1 aromatic rings. The lowest BCUT2D eigenvalue weighted by Crippen LogP contribution is -2.54. The molecular formula is C20H32N4O3S. The SMILES string of the molecule is CC(C)C(CNC(=O)c1ccc2c(c1)CCN2S(C)(=O)=O)N1CCN(C)CC1. The Kier molecular flexibility index (Phi) is 6.31. The molecule has 0 bridgehead atoms. The number of sulfonamides is 1. The summed E-state index contributed by atoms with van der Waals surface area (Å²) >= 11 is 0. The number of piperazine rings is 1. The second kappa shape index (κ2) is 8.39. The van der Waals surface area contributed by atoms with Gasteiger partial charge in [-0.25, -0.2) is 8.42 Å². The van der Waals surface area contributed by atoms with E-state index in [-0.39, 0.29) is 5.91 Å². The summed E-state index contributed by atoms with van der Waals surface area (Å²) < 4.78 is 25.1. The summed E-state index contributed by atoms with van der Waals surface area (Å²) in [5.41, 5.74) is 2.20. The second-order valence-electron chi connectivity index (χ2n) is 8.29. The third kappa shape index (κ3) is 4.67. The number of carbonyl (C=O) groups excluding carboxylic acids is 1. The van der Waals surface area contributed by atoms with Crippen LogP contribution in [0, 0.1) is 5.92 Å². The zero-order valence-corrected chi connectivity index (χ0v) is 18.1. The molecule has 3 rings (SSSR count). The number of rotatable bonds is 6. The lowest BCUT2D eigenvalue weighted by molar-refractivity contribution is 0.0791. The summed E-state index contributed by atoms with van der Waals surface area (Å²) in [6, 6.07) is 5.61. The summed E-state index contributed by atoms with van der Waals surface area (Å²) in [5.74, 6) is 0.354. The number of anilines is 1. The van der Waals surface area contributed by atoms with Crippen molar-refractivity contribution in [2.24, 2.45) is 5.92 Å². The van der Waals surface area contributed by atoms with Crippen molar-refractivity contribution in [2.45, 2.75) is 26.3 Å². The summed E-state index contributed by atoms with van der Waals surface area (Å²) in [6.07, 6.45) is 1.85. The number of hydrogen-bond donors (Lipinski definition) is 1. The van der Waals surface area contributed by atoms with Gasteiger partial charge >= 0.3 is 0 Å². The lowest BCUT2D eigenvalue weighted by Gasteiger charge is -2.39. The van der Waals surface area contributed by atoms with E-state index in [1.54, 1.807) is 12.1 Å². The molecule has 0 aromatic heterocycles. The fourth-order valence-corrected chi connectivity index (χ4v) is 5.05. The average Bonchev–Trinajstić information content (AvgIpc) is 3.06. The first-order valence-corrected chi connectivity index (χ1v) is 11.8. The van der Waals surface area contributed by atoms with Crippen molar-refractivity contribution >= 4 is 21.6 Å². The summed E-state index contributed by atoms with van der Waals surface area (Å²) in [4.78, 5) is 17.5. The van der Waals surface area contributed by atoms with Crippen LogP contribution in [0.1, 0.15) is 29.8 Å². The standard InChI is InChI=1S/C20H32N4O3S/c1-15(2)19(23-11-9-22(3)10-12-23)14-21-20(25)17-5-6-18-16(13-17)7-8-24(18)28(4,26)27/h5-6,13,15,19H,7-12,14H2,1-4H3,(H,21,25). The minimum Gasteiger partial charge on any atom is -0.350 e. The zero-order valence-electron chi connectivity index (χ0n) is 17.3. The van der Waals surface area contributed by atoms with Gasteiger partial charge in [0.15, 0.2) is 0 Å². The zero-order chi connectivity index (χ0) is 20.5. The van der Waals surface area contributed by atoms with E-state index in [4.69, 9.17) is 0 Å². The van der Waals surface area contributed by atoms with Gasteiger partial charge in [0.1, 0.15) is 0 Å². The van der Waals surface area contributed by atoms with Crippen LogP contribution in [0.25, 0.3) is 0 Å². The highest BCUT2D eigenvalue weighted by Crippen LogP contribution is 2.30. The molecule has 2 aliphatic heterocycles. The van der Waals surface area contributed by atoms with E-state index in [1.165, 1.54) is 10.6 Å². The third-order valence-electron chi connectivity index (χ3n) is 5.84. The van der Waals surface area contributed by atoms with Crippen LogP contribution in [0.2, 0.25) is 0 Å². The van der Waals surface area contributed by atoms with Crippen molar-refractivity contribution in [3.63, 3.8) is 0 Å². The number of hydrogen-bond acceptors (Lipinski definition) is 5. The lowest BCUT2D eigenvalue weighted by atomic mass is 10.0. The summed E-state index contributed by atoms with van der Waals surface area (Å²) in [5, 5.41) is 3.10. The molecule has 0 spiro atoms. The van der Waals surface area contributed by atoms with E-state index in [2.05, 4.69) is 36.0 Å². The van der Waals surface area contributed by atoms with Crippen LogP contribution in [0.15, 0.2) is 18.2 Å². The second-order valence-corrected chi connectivity index (χ2v) is 10.2. The molecule has 1 N–H and O–H groups in total. The molecular weight excluding hydrogens is 376 g/mol. The van der Waals surface area contributed by atoms with E-state index < -0.39 is 10.0 Å². The van der Waals surface area contributed by atoms with Crippen LogP contribution in [-0.2, 0) is 16.4 Å². The maximum atomic E-state index is 12.7. The number of nitrogens with one attached hydrogen (secondary N) is 1. The van der Waals surface area contributed by atoms with Gasteiger partial charge in [-0.05, 0) is 43.1 Å². The van der Waals surface area contributed by atoms with Crippen molar-refractivity contribution in [2.75, 3.05) is 56.9 Å². The molecule has 7 nitrogen and oxygen atoms in total. The van der Waals surface area contributed by atoms with Crippen molar-refractivity contribution in [3.05, 3.63) is 29.3 Å². The molecule has 1 amide bonds. The number of benzene rings is 1. The third-order valence-corrected chi connectivity index (χ3v) is 7.02. The Morgan fingerprint density at radius 2 is 1.82 bits per heavy atom. The maximum Gasteiger partial charge on any atom is 0.251 e. The smallest absolute Gasteiger partial charge is 0.251 e. The molecule has 1 aromatic carbocycles. The fraction of sp³-hybridized carbons (Fsp3) is 0.650. The molecule has 0 radical (unpaired) electrons. The van der Waals surface area contributed by atoms with Gasteiger partial charge in [0.05, 0.1) is 11.9 Å². The molecule has 156 valence electrons. The van der Waals surface area contributed by atoms with Crippen LogP contribution in [0.5, 0.6) is 0 Å². The van der Waals surface area contributed by atoms with Crippen LogP contribution in [0.3, 0.4) is 0 Å². The molecule has 0 saturated carbocycles. The van der Waals surface area contributed by atoms with Gasteiger partial charge in [-0.15, -0.1) is 0 Å². The first kappa shape index (κ1) is 21.1. The van der Waals surface area contributed by atoms with Crippen LogP contribution >= 0.6 is 0 Å².